The van der Waals surface area contributed by atoms with E-state index in [0.29, 0.717) is 55.8 Å². The Labute approximate surface area is 306 Å². The fourth-order valence-electron chi connectivity index (χ4n) is 5.42. The highest BCUT2D eigenvalue weighted by Crippen LogP contribution is 2.29. The van der Waals surface area contributed by atoms with Gasteiger partial charge in [-0.15, -0.1) is 0 Å². The molecule has 51 heavy (non-hydrogen) atoms. The Morgan fingerprint density at radius 1 is 0.804 bits per heavy atom. The Hall–Kier alpha value is -4.71. The van der Waals surface area contributed by atoms with E-state index in [1.807, 2.05) is 87.5 Å². The fraction of sp³-hybridized carbons (Fsp3) is 0.400. The van der Waals surface area contributed by atoms with E-state index in [9.17, 15) is 14.4 Å². The Kier molecular flexibility index (Phi) is 18.5. The molecule has 6 nitrogen and oxygen atoms in total. The number of hydrogen-bond donors (Lipinski definition) is 0. The second kappa shape index (κ2) is 22.2. The summed E-state index contributed by atoms with van der Waals surface area (Å²) in [6, 6.07) is 15.4. The monoisotopic (exact) mass is 694 g/mol. The van der Waals surface area contributed by atoms with Gasteiger partial charge in [-0.2, -0.15) is 0 Å². The number of benzene rings is 2. The number of esters is 1. The largest absolute Gasteiger partial charge is 0.498 e. The van der Waals surface area contributed by atoms with Gasteiger partial charge in [0.1, 0.15) is 17.3 Å². The molecular weight excluding hydrogens is 636 g/mol. The van der Waals surface area contributed by atoms with E-state index in [1.54, 1.807) is 13.8 Å². The molecule has 0 heterocycles. The van der Waals surface area contributed by atoms with Crippen LogP contribution in [0.15, 0.2) is 121 Å². The molecule has 1 unspecified atom stereocenters. The van der Waals surface area contributed by atoms with E-state index in [-0.39, 0.29) is 43.6 Å². The predicted octanol–water partition coefficient (Wildman–Crippen LogP) is 10.5. The minimum Gasteiger partial charge on any atom is -0.498 e. The van der Waals surface area contributed by atoms with Crippen LogP contribution in [-0.2, 0) is 43.1 Å². The average Bonchev–Trinajstić information content (AvgIpc) is 3.06. The maximum Gasteiger partial charge on any atom is 0.310 e. The minimum absolute atomic E-state index is 0.101. The first-order valence-corrected chi connectivity index (χ1v) is 17.8. The lowest BCUT2D eigenvalue weighted by molar-refractivity contribution is -0.147. The highest BCUT2D eigenvalue weighted by atomic mass is 16.5. The maximum atomic E-state index is 13.1. The van der Waals surface area contributed by atoms with E-state index in [0.717, 1.165) is 39.8 Å². The molecule has 0 spiro atoms. The van der Waals surface area contributed by atoms with Gasteiger partial charge < -0.3 is 14.2 Å². The molecule has 0 bridgehead atoms. The molecule has 2 aromatic carbocycles. The van der Waals surface area contributed by atoms with Crippen LogP contribution in [0.3, 0.4) is 0 Å². The third-order valence-electron chi connectivity index (χ3n) is 8.28. The molecule has 0 saturated heterocycles. The quantitative estimate of drug-likeness (QED) is 0.0471. The van der Waals surface area contributed by atoms with E-state index in [1.165, 1.54) is 0 Å². The molecule has 2 rings (SSSR count). The van der Waals surface area contributed by atoms with E-state index in [2.05, 4.69) is 32.7 Å². The zero-order valence-corrected chi connectivity index (χ0v) is 31.8. The van der Waals surface area contributed by atoms with Crippen molar-refractivity contribution < 1.29 is 28.6 Å². The molecule has 0 aliphatic rings. The number of rotatable bonds is 24. The first-order valence-electron chi connectivity index (χ1n) is 17.8. The van der Waals surface area contributed by atoms with Crippen LogP contribution in [0.5, 0.6) is 5.75 Å². The van der Waals surface area contributed by atoms with Crippen LogP contribution in [0.1, 0.15) is 96.8 Å². The van der Waals surface area contributed by atoms with Crippen molar-refractivity contribution in [2.75, 3.05) is 13.2 Å². The number of Topliss-reactive ketones (excluding diaryl/α,β-unsaturated/α-hetero) is 2. The van der Waals surface area contributed by atoms with Crippen LogP contribution >= 0.6 is 0 Å². The molecule has 0 saturated carbocycles. The van der Waals surface area contributed by atoms with Gasteiger partial charge in [-0.1, -0.05) is 117 Å². The van der Waals surface area contributed by atoms with E-state index >= 15 is 0 Å². The van der Waals surface area contributed by atoms with Crippen LogP contribution in [0.2, 0.25) is 0 Å². The third-order valence-corrected chi connectivity index (χ3v) is 8.28. The molecule has 0 radical (unpaired) electrons. The fourth-order valence-corrected chi connectivity index (χ4v) is 5.42. The van der Waals surface area contributed by atoms with Gasteiger partial charge in [0.25, 0.3) is 0 Å². The smallest absolute Gasteiger partial charge is 0.310 e. The van der Waals surface area contributed by atoms with Crippen LogP contribution in [0, 0.1) is 5.41 Å². The summed E-state index contributed by atoms with van der Waals surface area (Å²) in [5, 5.41) is 0. The summed E-state index contributed by atoms with van der Waals surface area (Å²) in [6.45, 7) is 23.9. The average molecular weight is 695 g/mol. The summed E-state index contributed by atoms with van der Waals surface area (Å²) in [7, 11) is 0. The van der Waals surface area contributed by atoms with Crippen LogP contribution in [-0.4, -0.2) is 30.7 Å². The minimum atomic E-state index is -0.550. The molecule has 0 aromatic heterocycles. The van der Waals surface area contributed by atoms with Gasteiger partial charge in [-0.25, -0.2) is 0 Å². The molecular formula is C45H58O6. The summed E-state index contributed by atoms with van der Waals surface area (Å²) >= 11 is 0. The van der Waals surface area contributed by atoms with Crippen molar-refractivity contribution in [3.8, 4) is 5.75 Å². The van der Waals surface area contributed by atoms with Gasteiger partial charge in [-0.3, -0.25) is 14.4 Å². The Morgan fingerprint density at radius 2 is 1.43 bits per heavy atom. The molecule has 0 aliphatic heterocycles. The van der Waals surface area contributed by atoms with Crippen molar-refractivity contribution in [2.24, 2.45) is 5.41 Å². The van der Waals surface area contributed by atoms with Crippen molar-refractivity contribution in [3.63, 3.8) is 0 Å². The van der Waals surface area contributed by atoms with Gasteiger partial charge in [0.15, 0.2) is 0 Å². The second-order valence-corrected chi connectivity index (χ2v) is 13.9. The van der Waals surface area contributed by atoms with Crippen molar-refractivity contribution in [3.05, 3.63) is 137 Å². The van der Waals surface area contributed by atoms with Crippen molar-refractivity contribution in [2.45, 2.75) is 99.3 Å². The van der Waals surface area contributed by atoms with Gasteiger partial charge >= 0.3 is 5.97 Å². The molecule has 0 aliphatic carbocycles. The number of ether oxygens (including phenoxy) is 3. The topological polar surface area (TPSA) is 78.9 Å². The van der Waals surface area contributed by atoms with Gasteiger partial charge in [0, 0.05) is 36.7 Å². The number of hydrogen-bond acceptors (Lipinski definition) is 6. The molecule has 6 heteroatoms. The number of carbonyl (C=O) groups is 3. The van der Waals surface area contributed by atoms with Crippen molar-refractivity contribution >= 4 is 17.5 Å². The molecule has 2 aromatic rings. The van der Waals surface area contributed by atoms with Gasteiger partial charge in [0.05, 0.1) is 31.2 Å². The lowest BCUT2D eigenvalue weighted by Crippen LogP contribution is -2.31. The number of allylic oxidation sites excluding steroid dienone is 8. The van der Waals surface area contributed by atoms with Crippen LogP contribution in [0.4, 0.5) is 0 Å². The SMILES string of the molecule is C=C(C)Cc1ccccc1CC(=O)OCC(C)(CCCC(=O)Cc1ccccc1OC(=C)C)COC(=C)C/C(=C/C=C(C)\C=C\CC(C)=O)CC. The van der Waals surface area contributed by atoms with Crippen LogP contribution in [0.25, 0.3) is 0 Å². The molecule has 274 valence electrons. The Bertz CT molecular complexity index is 1620. The zero-order chi connectivity index (χ0) is 37.8. The summed E-state index contributed by atoms with van der Waals surface area (Å²) in [5.41, 5.74) is 5.49. The van der Waals surface area contributed by atoms with Crippen molar-refractivity contribution in [1.29, 1.82) is 0 Å². The summed E-state index contributed by atoms with van der Waals surface area (Å²) in [6.07, 6.45) is 12.4. The van der Waals surface area contributed by atoms with Crippen LogP contribution < -0.4 is 4.74 Å². The van der Waals surface area contributed by atoms with E-state index < -0.39 is 5.41 Å². The highest BCUT2D eigenvalue weighted by molar-refractivity contribution is 5.81. The Morgan fingerprint density at radius 3 is 2.06 bits per heavy atom. The third kappa shape index (κ3) is 17.7. The molecule has 0 amide bonds. The lowest BCUT2D eigenvalue weighted by atomic mass is 9.85. The lowest BCUT2D eigenvalue weighted by Gasteiger charge is -2.30. The van der Waals surface area contributed by atoms with Gasteiger partial charge in [-0.05, 0) is 70.6 Å². The molecule has 0 fully saturated rings. The number of carbonyl (C=O) groups excluding carboxylic acids is 3. The normalized spacial score (nSPS) is 13.0. The number of ketones is 2. The maximum absolute atomic E-state index is 13.1. The first-order chi connectivity index (χ1) is 24.2. The second-order valence-electron chi connectivity index (χ2n) is 13.9. The zero-order valence-electron chi connectivity index (χ0n) is 31.8. The van der Waals surface area contributed by atoms with Crippen molar-refractivity contribution in [1.82, 2.24) is 0 Å². The first kappa shape index (κ1) is 42.5. The van der Waals surface area contributed by atoms with E-state index in [4.69, 9.17) is 14.2 Å². The molecule has 1 atom stereocenters. The summed E-state index contributed by atoms with van der Waals surface area (Å²) in [4.78, 5) is 37.4. The number of para-hydroxylation sites is 1. The Balaban J connectivity index is 2.11. The standard InChI is InChI=1S/C45H58O6/c1-10-38(25-24-35(6)17-15-18-36(7)46)28-37(8)49-31-45(9,32-50-44(48)30-40-20-12-11-19-39(40)27-33(2)3)26-16-22-42(47)29-41-21-13-14-23-43(41)51-34(4)5/h11-15,17,19-21,23-25H,2,4,8,10,16,18,22,26-32H2,1,3,5-7,9H3/b17-15+,35-24-,38-25+. The summed E-state index contributed by atoms with van der Waals surface area (Å²) < 4.78 is 17.9. The van der Waals surface area contributed by atoms with Gasteiger partial charge in [0.2, 0.25) is 0 Å². The molecule has 0 N–H and O–H groups in total. The summed E-state index contributed by atoms with van der Waals surface area (Å²) in [5.74, 6) is 1.75. The predicted molar refractivity (Wildman–Crippen MR) is 208 cm³/mol. The highest BCUT2D eigenvalue weighted by Gasteiger charge is 2.28.